The zero-order chi connectivity index (χ0) is 17.2. The summed E-state index contributed by atoms with van der Waals surface area (Å²) in [5.41, 5.74) is 4.44. The van der Waals surface area contributed by atoms with Gasteiger partial charge in [-0.2, -0.15) is 0 Å². The van der Waals surface area contributed by atoms with Crippen LogP contribution in [-0.2, 0) is 4.79 Å². The fourth-order valence-corrected chi connectivity index (χ4v) is 3.94. The van der Waals surface area contributed by atoms with E-state index in [1.807, 2.05) is 12.1 Å². The first-order chi connectivity index (χ1) is 10.9. The molecule has 0 radical (unpaired) electrons. The summed E-state index contributed by atoms with van der Waals surface area (Å²) in [6, 6.07) is 5.81. The highest BCUT2D eigenvalue weighted by Crippen LogP contribution is 2.49. The highest BCUT2D eigenvalue weighted by Gasteiger charge is 2.43. The fraction of sp³-hybridized carbons (Fsp3) is 0.611. The average molecular weight is 319 g/mol. The minimum atomic E-state index is -0.303. The van der Waals surface area contributed by atoms with Gasteiger partial charge in [-0.25, -0.2) is 5.84 Å². The standard InChI is InChI=1S/C18H29N3O2/c1-6-8-14(17(22)20-19)21-16-13(9-7-10-15(16)23-5)12(2)11-18(21,3)4/h7,9-10,12,14H,6,8,11,19H2,1-5H3,(H,20,22)/t12-,14+/m0/s1. The van der Waals surface area contributed by atoms with Crippen LogP contribution in [-0.4, -0.2) is 24.6 Å². The van der Waals surface area contributed by atoms with E-state index in [0.717, 1.165) is 30.7 Å². The topological polar surface area (TPSA) is 67.6 Å². The second-order valence-electron chi connectivity index (χ2n) is 7.00. The number of nitrogens with one attached hydrogen (secondary N) is 1. The van der Waals surface area contributed by atoms with Crippen molar-refractivity contribution in [3.63, 3.8) is 0 Å². The van der Waals surface area contributed by atoms with Gasteiger partial charge in [0.15, 0.2) is 0 Å². The van der Waals surface area contributed by atoms with Crippen LogP contribution in [0.1, 0.15) is 58.4 Å². The molecule has 0 unspecified atom stereocenters. The first-order valence-electron chi connectivity index (χ1n) is 8.34. The number of nitrogens with zero attached hydrogens (tertiary/aromatic N) is 1. The lowest BCUT2D eigenvalue weighted by molar-refractivity contribution is -0.123. The Labute approximate surface area is 139 Å². The third-order valence-corrected chi connectivity index (χ3v) is 4.80. The highest BCUT2D eigenvalue weighted by atomic mass is 16.5. The molecule has 0 aromatic heterocycles. The van der Waals surface area contributed by atoms with Gasteiger partial charge in [0.1, 0.15) is 11.8 Å². The Morgan fingerprint density at radius 3 is 2.78 bits per heavy atom. The van der Waals surface area contributed by atoms with E-state index in [9.17, 15) is 4.79 Å². The van der Waals surface area contributed by atoms with Crippen molar-refractivity contribution < 1.29 is 9.53 Å². The van der Waals surface area contributed by atoms with Gasteiger partial charge in [0, 0.05) is 5.54 Å². The van der Waals surface area contributed by atoms with Gasteiger partial charge in [-0.3, -0.25) is 10.2 Å². The summed E-state index contributed by atoms with van der Waals surface area (Å²) in [5.74, 6) is 6.54. The largest absolute Gasteiger partial charge is 0.495 e. The Morgan fingerprint density at radius 2 is 2.22 bits per heavy atom. The summed E-state index contributed by atoms with van der Waals surface area (Å²) in [6.45, 7) is 8.69. The molecule has 1 aromatic carbocycles. The van der Waals surface area contributed by atoms with Crippen LogP contribution in [0.2, 0.25) is 0 Å². The smallest absolute Gasteiger partial charge is 0.256 e. The van der Waals surface area contributed by atoms with Gasteiger partial charge in [0.25, 0.3) is 5.91 Å². The van der Waals surface area contributed by atoms with E-state index in [1.165, 1.54) is 5.56 Å². The molecule has 3 N–H and O–H groups in total. The number of hydrazine groups is 1. The molecule has 0 bridgehead atoms. The van der Waals surface area contributed by atoms with Crippen LogP contribution in [0.3, 0.4) is 0 Å². The number of hydrogen-bond donors (Lipinski definition) is 2. The summed E-state index contributed by atoms with van der Waals surface area (Å²) >= 11 is 0. The lowest BCUT2D eigenvalue weighted by Crippen LogP contribution is -2.59. The van der Waals surface area contributed by atoms with E-state index in [0.29, 0.717) is 5.92 Å². The van der Waals surface area contributed by atoms with Crippen molar-refractivity contribution in [3.05, 3.63) is 23.8 Å². The summed E-state index contributed by atoms with van der Waals surface area (Å²) < 4.78 is 5.62. The van der Waals surface area contributed by atoms with Crippen molar-refractivity contribution in [1.29, 1.82) is 0 Å². The SMILES string of the molecule is CCC[C@H](C(=O)NN)N1c2c(OC)cccc2[C@@H](C)CC1(C)C. The van der Waals surface area contributed by atoms with Gasteiger partial charge in [0.05, 0.1) is 12.8 Å². The molecular weight excluding hydrogens is 290 g/mol. The predicted molar refractivity (Wildman–Crippen MR) is 93.6 cm³/mol. The van der Waals surface area contributed by atoms with Crippen molar-refractivity contribution >= 4 is 11.6 Å². The molecular formula is C18H29N3O2. The van der Waals surface area contributed by atoms with Gasteiger partial charge in [-0.15, -0.1) is 0 Å². The van der Waals surface area contributed by atoms with Crippen molar-refractivity contribution in [2.24, 2.45) is 5.84 Å². The third-order valence-electron chi connectivity index (χ3n) is 4.80. The second-order valence-corrected chi connectivity index (χ2v) is 7.00. The molecule has 0 saturated heterocycles. The lowest BCUT2D eigenvalue weighted by Gasteiger charge is -2.51. The van der Waals surface area contributed by atoms with Gasteiger partial charge >= 0.3 is 0 Å². The lowest BCUT2D eigenvalue weighted by atomic mass is 9.78. The zero-order valence-corrected chi connectivity index (χ0v) is 14.8. The Kier molecular flexibility index (Phi) is 5.19. The average Bonchev–Trinajstić information content (AvgIpc) is 2.52. The van der Waals surface area contributed by atoms with Gasteiger partial charge in [0.2, 0.25) is 0 Å². The summed E-state index contributed by atoms with van der Waals surface area (Å²) in [7, 11) is 1.68. The van der Waals surface area contributed by atoms with Gasteiger partial charge < -0.3 is 9.64 Å². The number of methoxy groups -OCH3 is 1. The molecule has 1 heterocycles. The highest BCUT2D eigenvalue weighted by molar-refractivity contribution is 5.87. The Hall–Kier alpha value is -1.75. The second kappa shape index (κ2) is 6.79. The van der Waals surface area contributed by atoms with Crippen LogP contribution in [0.5, 0.6) is 5.75 Å². The number of benzene rings is 1. The van der Waals surface area contributed by atoms with E-state index in [2.05, 4.69) is 44.1 Å². The Balaban J connectivity index is 2.64. The van der Waals surface area contributed by atoms with Gasteiger partial charge in [-0.1, -0.05) is 32.4 Å². The van der Waals surface area contributed by atoms with Crippen LogP contribution in [0.15, 0.2) is 18.2 Å². The van der Waals surface area contributed by atoms with E-state index < -0.39 is 0 Å². The maximum Gasteiger partial charge on any atom is 0.256 e. The molecule has 1 aliphatic rings. The van der Waals surface area contributed by atoms with Crippen LogP contribution in [0, 0.1) is 0 Å². The molecule has 0 spiro atoms. The predicted octanol–water partition coefficient (Wildman–Crippen LogP) is 2.95. The minimum Gasteiger partial charge on any atom is -0.495 e. The maximum absolute atomic E-state index is 12.5. The van der Waals surface area contributed by atoms with Crippen molar-refractivity contribution in [3.8, 4) is 5.75 Å². The third kappa shape index (κ3) is 3.15. The first-order valence-corrected chi connectivity index (χ1v) is 8.34. The monoisotopic (exact) mass is 319 g/mol. The molecule has 1 aromatic rings. The van der Waals surface area contributed by atoms with E-state index in [4.69, 9.17) is 10.6 Å². The number of nitrogens with two attached hydrogens (primary N) is 1. The number of carbonyl (C=O) groups is 1. The molecule has 0 aliphatic carbocycles. The van der Waals surface area contributed by atoms with Crippen molar-refractivity contribution in [2.45, 2.75) is 64.5 Å². The number of rotatable bonds is 5. The molecule has 2 atom stereocenters. The molecule has 1 amide bonds. The molecule has 0 saturated carbocycles. The maximum atomic E-state index is 12.5. The minimum absolute atomic E-state index is 0.147. The number of carbonyl (C=O) groups excluding carboxylic acids is 1. The number of anilines is 1. The number of para-hydroxylation sites is 1. The molecule has 2 rings (SSSR count). The zero-order valence-electron chi connectivity index (χ0n) is 14.8. The molecule has 5 heteroatoms. The molecule has 128 valence electrons. The van der Waals surface area contributed by atoms with Crippen LogP contribution >= 0.6 is 0 Å². The Bertz CT molecular complexity index is 571. The number of fused-ring (bicyclic) bond motifs is 1. The van der Waals surface area contributed by atoms with Crippen LogP contribution in [0.25, 0.3) is 0 Å². The number of amides is 1. The summed E-state index contributed by atoms with van der Waals surface area (Å²) in [5, 5.41) is 0. The molecule has 0 fully saturated rings. The molecule has 1 aliphatic heterocycles. The Morgan fingerprint density at radius 1 is 1.52 bits per heavy atom. The van der Waals surface area contributed by atoms with E-state index in [1.54, 1.807) is 7.11 Å². The summed E-state index contributed by atoms with van der Waals surface area (Å²) in [6.07, 6.45) is 2.63. The van der Waals surface area contributed by atoms with Crippen molar-refractivity contribution in [2.75, 3.05) is 12.0 Å². The number of hydrogen-bond acceptors (Lipinski definition) is 4. The number of ether oxygens (including phenoxy) is 1. The van der Waals surface area contributed by atoms with E-state index >= 15 is 0 Å². The van der Waals surface area contributed by atoms with Crippen LogP contribution in [0.4, 0.5) is 5.69 Å². The molecule has 5 nitrogen and oxygen atoms in total. The van der Waals surface area contributed by atoms with Gasteiger partial charge in [-0.05, 0) is 44.2 Å². The first kappa shape index (κ1) is 17.6. The van der Waals surface area contributed by atoms with E-state index in [-0.39, 0.29) is 17.5 Å². The quantitative estimate of drug-likeness (QED) is 0.497. The summed E-state index contributed by atoms with van der Waals surface area (Å²) in [4.78, 5) is 14.7. The normalized spacial score (nSPS) is 20.6. The van der Waals surface area contributed by atoms with Crippen molar-refractivity contribution in [1.82, 2.24) is 5.43 Å². The fourth-order valence-electron chi connectivity index (χ4n) is 3.94. The van der Waals surface area contributed by atoms with Crippen LogP contribution < -0.4 is 20.9 Å². The molecule has 23 heavy (non-hydrogen) atoms.